The second-order valence-corrected chi connectivity index (χ2v) is 7.14. The molecule has 0 bridgehead atoms. The van der Waals surface area contributed by atoms with Gasteiger partial charge in [0.15, 0.2) is 0 Å². The zero-order valence-corrected chi connectivity index (χ0v) is 16.2. The summed E-state index contributed by atoms with van der Waals surface area (Å²) in [6, 6.07) is 33.9. The molecule has 0 atom stereocenters. The van der Waals surface area contributed by atoms with Crippen LogP contribution in [0.2, 0.25) is 0 Å². The molecule has 0 saturated carbocycles. The summed E-state index contributed by atoms with van der Waals surface area (Å²) in [6.07, 6.45) is 0. The Balaban J connectivity index is 1.45. The fourth-order valence-electron chi connectivity index (χ4n) is 3.27. The van der Waals surface area contributed by atoms with Gasteiger partial charge in [0.1, 0.15) is 0 Å². The van der Waals surface area contributed by atoms with Gasteiger partial charge in [-0.05, 0) is 84.6 Å². The van der Waals surface area contributed by atoms with Crippen LogP contribution in [-0.2, 0) is 0 Å². The van der Waals surface area contributed by atoms with E-state index < -0.39 is 0 Å². The summed E-state index contributed by atoms with van der Waals surface area (Å²) >= 11 is 0. The van der Waals surface area contributed by atoms with Crippen molar-refractivity contribution in [3.05, 3.63) is 108 Å². The van der Waals surface area contributed by atoms with Crippen molar-refractivity contribution >= 4 is 22.7 Å². The molecule has 0 radical (unpaired) electrons. The maximum Gasteiger partial charge on any atom is 0.0386 e. The van der Waals surface area contributed by atoms with Crippen LogP contribution in [0.5, 0.6) is 0 Å². The summed E-state index contributed by atoms with van der Waals surface area (Å²) in [4.78, 5) is 0. The van der Waals surface area contributed by atoms with Crippen LogP contribution >= 0.6 is 0 Å². The average Bonchev–Trinajstić information content (AvgIpc) is 2.69. The highest BCUT2D eigenvalue weighted by atomic mass is 14.9. The molecule has 2 N–H and O–H groups in total. The predicted octanol–water partition coefficient (Wildman–Crippen LogP) is 7.46. The zero-order chi connectivity index (χ0) is 19.3. The summed E-state index contributed by atoms with van der Waals surface area (Å²) in [7, 11) is 0. The van der Waals surface area contributed by atoms with Crippen molar-refractivity contribution in [1.82, 2.24) is 0 Å². The smallest absolute Gasteiger partial charge is 0.0386 e. The van der Waals surface area contributed by atoms with Gasteiger partial charge in [0.2, 0.25) is 0 Å². The topological polar surface area (TPSA) is 24.1 Å². The third-order valence-electron chi connectivity index (χ3n) is 4.72. The number of hydrogen-bond donors (Lipinski definition) is 2. The van der Waals surface area contributed by atoms with Crippen molar-refractivity contribution in [3.8, 4) is 11.1 Å². The number of benzene rings is 4. The Morgan fingerprint density at radius 3 is 1.18 bits per heavy atom. The van der Waals surface area contributed by atoms with Crippen molar-refractivity contribution in [2.24, 2.45) is 0 Å². The highest BCUT2D eigenvalue weighted by Crippen LogP contribution is 2.26. The maximum absolute atomic E-state index is 3.45. The van der Waals surface area contributed by atoms with Crippen LogP contribution in [0.4, 0.5) is 22.7 Å². The number of hydrogen-bond acceptors (Lipinski definition) is 2. The molecule has 4 aromatic carbocycles. The lowest BCUT2D eigenvalue weighted by Crippen LogP contribution is -1.91. The Hall–Kier alpha value is -3.52. The van der Waals surface area contributed by atoms with Gasteiger partial charge in [-0.1, -0.05) is 48.5 Å². The third-order valence-corrected chi connectivity index (χ3v) is 4.72. The van der Waals surface area contributed by atoms with Crippen LogP contribution in [0.3, 0.4) is 0 Å². The first kappa shape index (κ1) is 17.9. The molecular formula is C26H24N2. The van der Waals surface area contributed by atoms with Gasteiger partial charge in [0.05, 0.1) is 0 Å². The molecule has 138 valence electrons. The van der Waals surface area contributed by atoms with Crippen molar-refractivity contribution in [3.63, 3.8) is 0 Å². The Labute approximate surface area is 166 Å². The second-order valence-electron chi connectivity index (χ2n) is 7.14. The monoisotopic (exact) mass is 364 g/mol. The molecule has 4 aromatic rings. The molecular weight excluding hydrogens is 340 g/mol. The van der Waals surface area contributed by atoms with E-state index in [0.29, 0.717) is 0 Å². The highest BCUT2D eigenvalue weighted by Gasteiger charge is 2.01. The van der Waals surface area contributed by atoms with Gasteiger partial charge in [-0.15, -0.1) is 0 Å². The Kier molecular flexibility index (Phi) is 5.11. The van der Waals surface area contributed by atoms with Crippen LogP contribution in [0, 0.1) is 13.8 Å². The normalized spacial score (nSPS) is 10.5. The van der Waals surface area contributed by atoms with Crippen LogP contribution in [0.15, 0.2) is 97.1 Å². The quantitative estimate of drug-likeness (QED) is 0.384. The molecule has 0 aliphatic heterocycles. The van der Waals surface area contributed by atoms with Crippen LogP contribution in [0.25, 0.3) is 11.1 Å². The van der Waals surface area contributed by atoms with E-state index in [-0.39, 0.29) is 0 Å². The minimum Gasteiger partial charge on any atom is -0.356 e. The molecule has 28 heavy (non-hydrogen) atoms. The Morgan fingerprint density at radius 2 is 0.821 bits per heavy atom. The summed E-state index contributed by atoms with van der Waals surface area (Å²) in [6.45, 7) is 4.21. The summed E-state index contributed by atoms with van der Waals surface area (Å²) in [5, 5.41) is 6.91. The summed E-state index contributed by atoms with van der Waals surface area (Å²) < 4.78 is 0. The van der Waals surface area contributed by atoms with E-state index in [0.717, 1.165) is 22.7 Å². The fraction of sp³-hybridized carbons (Fsp3) is 0.0769. The van der Waals surface area contributed by atoms with Crippen LogP contribution in [-0.4, -0.2) is 0 Å². The molecule has 0 fully saturated rings. The molecule has 0 aliphatic carbocycles. The van der Waals surface area contributed by atoms with Gasteiger partial charge in [-0.25, -0.2) is 0 Å². The van der Waals surface area contributed by atoms with Crippen molar-refractivity contribution in [2.75, 3.05) is 10.6 Å². The van der Waals surface area contributed by atoms with Gasteiger partial charge in [0, 0.05) is 22.7 Å². The molecule has 0 heterocycles. The number of aryl methyl sites for hydroxylation is 2. The number of nitrogens with one attached hydrogen (secondary N) is 2. The van der Waals surface area contributed by atoms with E-state index in [4.69, 9.17) is 0 Å². The molecule has 2 heteroatoms. The minimum atomic E-state index is 1.09. The van der Waals surface area contributed by atoms with E-state index in [1.807, 2.05) is 0 Å². The van der Waals surface area contributed by atoms with Gasteiger partial charge in [-0.3, -0.25) is 0 Å². The van der Waals surface area contributed by atoms with Gasteiger partial charge in [0.25, 0.3) is 0 Å². The van der Waals surface area contributed by atoms with Crippen molar-refractivity contribution in [1.29, 1.82) is 0 Å². The van der Waals surface area contributed by atoms with Crippen LogP contribution in [0.1, 0.15) is 11.1 Å². The number of rotatable bonds is 5. The first-order valence-electron chi connectivity index (χ1n) is 9.54. The van der Waals surface area contributed by atoms with E-state index in [9.17, 15) is 0 Å². The largest absolute Gasteiger partial charge is 0.356 e. The van der Waals surface area contributed by atoms with Gasteiger partial charge >= 0.3 is 0 Å². The Morgan fingerprint density at radius 1 is 0.429 bits per heavy atom. The van der Waals surface area contributed by atoms with Gasteiger partial charge in [-0.2, -0.15) is 0 Å². The number of anilines is 4. The molecule has 0 aromatic heterocycles. The lowest BCUT2D eigenvalue weighted by atomic mass is 10.0. The van der Waals surface area contributed by atoms with Crippen molar-refractivity contribution < 1.29 is 0 Å². The van der Waals surface area contributed by atoms with E-state index in [1.165, 1.54) is 22.3 Å². The maximum atomic E-state index is 3.45. The first-order valence-corrected chi connectivity index (χ1v) is 9.54. The van der Waals surface area contributed by atoms with E-state index >= 15 is 0 Å². The molecule has 0 aliphatic rings. The predicted molar refractivity (Wildman–Crippen MR) is 121 cm³/mol. The first-order chi connectivity index (χ1) is 13.7. The Bertz CT molecular complexity index is 975. The summed E-state index contributed by atoms with van der Waals surface area (Å²) in [5.41, 5.74) is 9.31. The van der Waals surface area contributed by atoms with Crippen LogP contribution < -0.4 is 10.6 Å². The SMILES string of the molecule is Cc1cccc(Nc2ccc(-c3ccc(Nc4cccc(C)c4)cc3)cc2)c1. The zero-order valence-electron chi connectivity index (χ0n) is 16.2. The van der Waals surface area contributed by atoms with Gasteiger partial charge < -0.3 is 10.6 Å². The molecule has 2 nitrogen and oxygen atoms in total. The third kappa shape index (κ3) is 4.41. The molecule has 0 unspecified atom stereocenters. The van der Waals surface area contributed by atoms with E-state index in [1.54, 1.807) is 0 Å². The van der Waals surface area contributed by atoms with Crippen molar-refractivity contribution in [2.45, 2.75) is 13.8 Å². The second kappa shape index (κ2) is 8.01. The molecule has 4 rings (SSSR count). The fourth-order valence-corrected chi connectivity index (χ4v) is 3.27. The summed E-state index contributed by atoms with van der Waals surface area (Å²) in [5.74, 6) is 0. The van der Waals surface area contributed by atoms with E-state index in [2.05, 4.69) is 122 Å². The standard InChI is InChI=1S/C26H24N2/c1-19-5-3-7-25(17-19)27-23-13-9-21(10-14-23)22-11-15-24(16-12-22)28-26-8-4-6-20(2)18-26/h3-18,27-28H,1-2H3. The lowest BCUT2D eigenvalue weighted by Gasteiger charge is -2.10. The molecule has 0 spiro atoms. The molecule has 0 amide bonds. The highest BCUT2D eigenvalue weighted by molar-refractivity contribution is 5.71. The lowest BCUT2D eigenvalue weighted by molar-refractivity contribution is 1.45. The molecule has 0 saturated heterocycles. The minimum absolute atomic E-state index is 1.09. The average molecular weight is 364 g/mol.